The summed E-state index contributed by atoms with van der Waals surface area (Å²) in [6, 6.07) is 9.92. The number of aromatic nitrogens is 2. The zero-order valence-corrected chi connectivity index (χ0v) is 11.9. The van der Waals surface area contributed by atoms with Crippen LogP contribution < -0.4 is 5.73 Å². The van der Waals surface area contributed by atoms with Gasteiger partial charge in [-0.25, -0.2) is 0 Å². The molecule has 2 N–H and O–H groups in total. The first-order valence-electron chi connectivity index (χ1n) is 5.97. The van der Waals surface area contributed by atoms with Gasteiger partial charge in [0, 0.05) is 15.6 Å². The van der Waals surface area contributed by atoms with Crippen molar-refractivity contribution in [2.75, 3.05) is 5.73 Å². The van der Waals surface area contributed by atoms with E-state index in [1.807, 2.05) is 18.2 Å². The quantitative estimate of drug-likeness (QED) is 0.600. The first kappa shape index (κ1) is 11.6. The summed E-state index contributed by atoms with van der Waals surface area (Å²) in [7, 11) is 0. The number of rotatable bonds is 2. The van der Waals surface area contributed by atoms with Crippen LogP contribution in [0.1, 0.15) is 0 Å². The van der Waals surface area contributed by atoms with E-state index in [0.717, 1.165) is 21.8 Å². The Hall–Kier alpha value is -2.18. The van der Waals surface area contributed by atoms with E-state index in [1.54, 1.807) is 28.9 Å². The van der Waals surface area contributed by atoms with Crippen LogP contribution in [0.5, 0.6) is 0 Å². The Morgan fingerprint density at radius 3 is 2.90 bits per heavy atom. The predicted molar refractivity (Wildman–Crippen MR) is 82.8 cm³/mol. The predicted octanol–water partition coefficient (Wildman–Crippen LogP) is 4.26. The fraction of sp³-hybridized carbons (Fsp3) is 0. The smallest absolute Gasteiger partial charge is 0.232 e. The average Bonchev–Trinajstić information content (AvgIpc) is 3.12. The Morgan fingerprint density at radius 1 is 1.15 bits per heavy atom. The van der Waals surface area contributed by atoms with Crippen LogP contribution in [0.3, 0.4) is 0 Å². The van der Waals surface area contributed by atoms with E-state index in [-0.39, 0.29) is 0 Å². The molecule has 0 spiro atoms. The molecule has 0 bridgehead atoms. The summed E-state index contributed by atoms with van der Waals surface area (Å²) < 4.78 is 7.67. The molecule has 0 aliphatic carbocycles. The minimum atomic E-state index is 0.301. The van der Waals surface area contributed by atoms with E-state index in [2.05, 4.69) is 27.7 Å². The second-order valence-electron chi connectivity index (χ2n) is 4.25. The van der Waals surface area contributed by atoms with Crippen LogP contribution in [0.4, 0.5) is 5.88 Å². The lowest BCUT2D eigenvalue weighted by Crippen LogP contribution is -1.88. The molecule has 98 valence electrons. The molecular formula is C14H9N3OS2. The fourth-order valence-electron chi connectivity index (χ4n) is 2.11. The maximum absolute atomic E-state index is 5.92. The van der Waals surface area contributed by atoms with Gasteiger partial charge < -0.3 is 10.3 Å². The zero-order valence-electron chi connectivity index (χ0n) is 10.2. The van der Waals surface area contributed by atoms with Crippen molar-refractivity contribution >= 4 is 38.0 Å². The van der Waals surface area contributed by atoms with Gasteiger partial charge in [0.2, 0.25) is 5.88 Å². The number of hydrogen-bond donors (Lipinski definition) is 1. The molecule has 0 aromatic carbocycles. The van der Waals surface area contributed by atoms with Gasteiger partial charge in [-0.05, 0) is 29.6 Å². The molecule has 0 saturated heterocycles. The highest BCUT2D eigenvalue weighted by molar-refractivity contribution is 7.28. The molecule has 4 aromatic rings. The fourth-order valence-corrected chi connectivity index (χ4v) is 4.21. The molecule has 4 aromatic heterocycles. The molecule has 0 unspecified atom stereocenters. The summed E-state index contributed by atoms with van der Waals surface area (Å²) in [5.74, 6) is 0.301. The van der Waals surface area contributed by atoms with Crippen molar-refractivity contribution in [1.82, 2.24) is 10.1 Å². The van der Waals surface area contributed by atoms with Crippen molar-refractivity contribution in [1.29, 1.82) is 0 Å². The lowest BCUT2D eigenvalue weighted by molar-refractivity contribution is 0.439. The number of fused-ring (bicyclic) bond motifs is 1. The van der Waals surface area contributed by atoms with E-state index in [0.29, 0.717) is 5.88 Å². The second-order valence-corrected chi connectivity index (χ2v) is 6.28. The van der Waals surface area contributed by atoms with Gasteiger partial charge in [-0.2, -0.15) is 0 Å². The number of nitrogens with two attached hydrogens (primary N) is 1. The van der Waals surface area contributed by atoms with Crippen LogP contribution in [0.25, 0.3) is 31.2 Å². The van der Waals surface area contributed by atoms with Crippen LogP contribution in [0.15, 0.2) is 46.4 Å². The minimum absolute atomic E-state index is 0.301. The van der Waals surface area contributed by atoms with Crippen molar-refractivity contribution < 1.29 is 4.52 Å². The molecule has 4 heterocycles. The Morgan fingerprint density at radius 2 is 2.10 bits per heavy atom. The SMILES string of the molecule is Nc1onc(-c2cc3sccc3s2)c1-c1ccccn1. The van der Waals surface area contributed by atoms with Gasteiger partial charge in [-0.1, -0.05) is 11.2 Å². The summed E-state index contributed by atoms with van der Waals surface area (Å²) in [5.41, 5.74) is 8.22. The number of anilines is 1. The molecule has 0 aliphatic heterocycles. The Bertz CT molecular complexity index is 848. The molecular weight excluding hydrogens is 290 g/mol. The summed E-state index contributed by atoms with van der Waals surface area (Å²) in [6.45, 7) is 0. The monoisotopic (exact) mass is 299 g/mol. The molecule has 4 rings (SSSR count). The van der Waals surface area contributed by atoms with Gasteiger partial charge >= 0.3 is 0 Å². The van der Waals surface area contributed by atoms with Crippen molar-refractivity contribution in [3.05, 3.63) is 41.9 Å². The van der Waals surface area contributed by atoms with Crippen LogP contribution in [-0.2, 0) is 0 Å². The molecule has 0 fully saturated rings. The maximum Gasteiger partial charge on any atom is 0.232 e. The third kappa shape index (κ3) is 1.73. The zero-order chi connectivity index (χ0) is 13.5. The average molecular weight is 299 g/mol. The van der Waals surface area contributed by atoms with Crippen molar-refractivity contribution in [2.24, 2.45) is 0 Å². The van der Waals surface area contributed by atoms with E-state index in [1.165, 1.54) is 9.40 Å². The van der Waals surface area contributed by atoms with E-state index in [9.17, 15) is 0 Å². The lowest BCUT2D eigenvalue weighted by atomic mass is 10.1. The van der Waals surface area contributed by atoms with Gasteiger partial charge in [-0.3, -0.25) is 4.98 Å². The summed E-state index contributed by atoms with van der Waals surface area (Å²) >= 11 is 3.40. The van der Waals surface area contributed by atoms with E-state index < -0.39 is 0 Å². The third-order valence-corrected chi connectivity index (χ3v) is 5.11. The molecule has 0 atom stereocenters. The van der Waals surface area contributed by atoms with Crippen LogP contribution in [0, 0.1) is 0 Å². The molecule has 6 heteroatoms. The molecule has 0 aliphatic rings. The van der Waals surface area contributed by atoms with E-state index >= 15 is 0 Å². The van der Waals surface area contributed by atoms with Crippen LogP contribution in [0.2, 0.25) is 0 Å². The lowest BCUT2D eigenvalue weighted by Gasteiger charge is -1.99. The second kappa shape index (κ2) is 4.43. The topological polar surface area (TPSA) is 64.9 Å². The first-order valence-corrected chi connectivity index (χ1v) is 7.66. The van der Waals surface area contributed by atoms with Crippen molar-refractivity contribution in [3.63, 3.8) is 0 Å². The number of nitrogens with zero attached hydrogens (tertiary/aromatic N) is 2. The van der Waals surface area contributed by atoms with E-state index in [4.69, 9.17) is 10.3 Å². The van der Waals surface area contributed by atoms with Gasteiger partial charge in [0.15, 0.2) is 0 Å². The van der Waals surface area contributed by atoms with Crippen LogP contribution >= 0.6 is 22.7 Å². The largest absolute Gasteiger partial charge is 0.367 e. The Labute approximate surface area is 122 Å². The molecule has 4 nitrogen and oxygen atoms in total. The number of hydrogen-bond acceptors (Lipinski definition) is 6. The minimum Gasteiger partial charge on any atom is -0.367 e. The van der Waals surface area contributed by atoms with Crippen LogP contribution in [-0.4, -0.2) is 10.1 Å². The van der Waals surface area contributed by atoms with Gasteiger partial charge in [0.25, 0.3) is 0 Å². The molecule has 0 saturated carbocycles. The van der Waals surface area contributed by atoms with Crippen molar-refractivity contribution in [2.45, 2.75) is 0 Å². The highest BCUT2D eigenvalue weighted by atomic mass is 32.1. The summed E-state index contributed by atoms with van der Waals surface area (Å²) in [5, 5.41) is 6.20. The Balaban J connectivity index is 1.93. The standard InChI is InChI=1S/C14H9N3OS2/c15-14-12(8-3-1-2-5-16-8)13(17-18-14)11-7-10-9(20-11)4-6-19-10/h1-7H,15H2. The van der Waals surface area contributed by atoms with Crippen molar-refractivity contribution in [3.8, 4) is 21.8 Å². The van der Waals surface area contributed by atoms with Gasteiger partial charge in [-0.15, -0.1) is 22.7 Å². The number of nitrogen functional groups attached to an aromatic ring is 1. The number of pyridine rings is 1. The Kier molecular flexibility index (Phi) is 2.58. The molecule has 20 heavy (non-hydrogen) atoms. The maximum atomic E-state index is 5.92. The molecule has 0 radical (unpaired) electrons. The third-order valence-electron chi connectivity index (χ3n) is 3.01. The normalized spacial score (nSPS) is 11.2. The van der Waals surface area contributed by atoms with Gasteiger partial charge in [0.1, 0.15) is 5.69 Å². The number of thiophene rings is 2. The summed E-state index contributed by atoms with van der Waals surface area (Å²) in [4.78, 5) is 5.39. The summed E-state index contributed by atoms with van der Waals surface area (Å²) in [6.07, 6.45) is 1.73. The first-order chi connectivity index (χ1) is 9.83. The molecule has 0 amide bonds. The highest BCUT2D eigenvalue weighted by Gasteiger charge is 2.20. The highest BCUT2D eigenvalue weighted by Crippen LogP contribution is 2.41. The van der Waals surface area contributed by atoms with Gasteiger partial charge in [0.05, 0.1) is 16.1 Å².